The minimum Gasteiger partial charge on any atom is -0.427 e. The lowest BCUT2D eigenvalue weighted by Crippen LogP contribution is -1.97. The van der Waals surface area contributed by atoms with Gasteiger partial charge < -0.3 is 5.21 Å². The van der Waals surface area contributed by atoms with Crippen molar-refractivity contribution in [3.63, 3.8) is 0 Å². The topological polar surface area (TPSA) is 38.0 Å². The Morgan fingerprint density at radius 1 is 0.909 bits per heavy atom. The van der Waals surface area contributed by atoms with Gasteiger partial charge in [0.2, 0.25) is 0 Å². The Kier molecular flexibility index (Phi) is 3.72. The largest absolute Gasteiger partial charge is 0.427 e. The summed E-state index contributed by atoms with van der Waals surface area (Å²) in [6.45, 7) is 6.21. The molecule has 0 aliphatic carbocycles. The van der Waals surface area contributed by atoms with Gasteiger partial charge in [-0.25, -0.2) is 4.98 Å². The van der Waals surface area contributed by atoms with Crippen LogP contribution in [0.15, 0.2) is 54.6 Å². The maximum absolute atomic E-state index is 10.4. The summed E-state index contributed by atoms with van der Waals surface area (Å²) in [7, 11) is 0. The zero-order valence-electron chi connectivity index (χ0n) is 13.1. The molecule has 0 unspecified atom stereocenters. The third-order valence-corrected chi connectivity index (χ3v) is 3.96. The number of hydrogen-bond acceptors (Lipinski definition) is 2. The molecule has 3 heteroatoms. The van der Waals surface area contributed by atoms with Crippen molar-refractivity contribution in [2.45, 2.75) is 26.7 Å². The highest BCUT2D eigenvalue weighted by Gasteiger charge is 2.16. The van der Waals surface area contributed by atoms with Gasteiger partial charge in [0.15, 0.2) is 5.82 Å². The van der Waals surface area contributed by atoms with Gasteiger partial charge in [-0.1, -0.05) is 68.4 Å². The van der Waals surface area contributed by atoms with Crippen LogP contribution in [0.5, 0.6) is 0 Å². The van der Waals surface area contributed by atoms with Crippen molar-refractivity contribution in [1.29, 1.82) is 0 Å². The van der Waals surface area contributed by atoms with E-state index in [1.165, 1.54) is 10.3 Å². The van der Waals surface area contributed by atoms with E-state index < -0.39 is 0 Å². The van der Waals surface area contributed by atoms with Crippen molar-refractivity contribution in [2.75, 3.05) is 0 Å². The van der Waals surface area contributed by atoms with Crippen molar-refractivity contribution >= 4 is 0 Å². The van der Waals surface area contributed by atoms with Crippen LogP contribution in [0.4, 0.5) is 0 Å². The van der Waals surface area contributed by atoms with E-state index in [4.69, 9.17) is 0 Å². The van der Waals surface area contributed by atoms with Crippen LogP contribution in [0.3, 0.4) is 0 Å². The van der Waals surface area contributed by atoms with E-state index in [1.54, 1.807) is 0 Å². The summed E-state index contributed by atoms with van der Waals surface area (Å²) < 4.78 is 1.17. The van der Waals surface area contributed by atoms with Crippen molar-refractivity contribution in [3.05, 3.63) is 65.9 Å². The fraction of sp³-hybridized carbons (Fsp3) is 0.211. The van der Waals surface area contributed by atoms with Crippen molar-refractivity contribution in [3.8, 4) is 22.6 Å². The highest BCUT2D eigenvalue weighted by atomic mass is 16.5. The molecule has 3 nitrogen and oxygen atoms in total. The molecule has 0 saturated carbocycles. The van der Waals surface area contributed by atoms with Crippen LogP contribution < -0.4 is 0 Å². The summed E-state index contributed by atoms with van der Waals surface area (Å²) in [5.74, 6) is 1.07. The predicted molar refractivity (Wildman–Crippen MR) is 89.1 cm³/mol. The van der Waals surface area contributed by atoms with Gasteiger partial charge in [-0.2, -0.15) is 4.73 Å². The minimum absolute atomic E-state index is 0.490. The van der Waals surface area contributed by atoms with Crippen LogP contribution in [-0.2, 0) is 0 Å². The van der Waals surface area contributed by atoms with Gasteiger partial charge >= 0.3 is 0 Å². The lowest BCUT2D eigenvalue weighted by Gasteiger charge is -2.06. The van der Waals surface area contributed by atoms with Crippen LogP contribution in [-0.4, -0.2) is 14.9 Å². The molecule has 2 aromatic carbocycles. The summed E-state index contributed by atoms with van der Waals surface area (Å²) in [4.78, 5) is 4.64. The van der Waals surface area contributed by atoms with Crippen LogP contribution in [0.1, 0.15) is 31.0 Å². The predicted octanol–water partition coefficient (Wildman–Crippen LogP) is 4.89. The zero-order valence-corrected chi connectivity index (χ0v) is 13.1. The van der Waals surface area contributed by atoms with Crippen LogP contribution in [0.2, 0.25) is 0 Å². The molecule has 3 aromatic rings. The monoisotopic (exact) mass is 292 g/mol. The quantitative estimate of drug-likeness (QED) is 0.698. The zero-order chi connectivity index (χ0) is 15.7. The molecule has 1 N–H and O–H groups in total. The Morgan fingerprint density at radius 3 is 2.14 bits per heavy atom. The molecule has 1 heterocycles. The second kappa shape index (κ2) is 5.68. The molecule has 0 bridgehead atoms. The summed E-state index contributed by atoms with van der Waals surface area (Å²) in [5, 5.41) is 10.4. The summed E-state index contributed by atoms with van der Waals surface area (Å²) >= 11 is 0. The molecule has 0 atom stereocenters. The molecule has 112 valence electrons. The third kappa shape index (κ3) is 2.50. The first-order valence-corrected chi connectivity index (χ1v) is 7.52. The molecule has 1 aromatic heterocycles. The SMILES string of the molecule is Cc1c(-c2ccccc2)nc(-c2ccc(C(C)C)cc2)n1O. The van der Waals surface area contributed by atoms with Crippen molar-refractivity contribution < 1.29 is 5.21 Å². The average molecular weight is 292 g/mol. The average Bonchev–Trinajstić information content (AvgIpc) is 2.84. The van der Waals surface area contributed by atoms with E-state index >= 15 is 0 Å². The van der Waals surface area contributed by atoms with Gasteiger partial charge in [0.05, 0.1) is 11.4 Å². The van der Waals surface area contributed by atoms with E-state index in [2.05, 4.69) is 31.0 Å². The van der Waals surface area contributed by atoms with Crippen molar-refractivity contribution in [1.82, 2.24) is 9.71 Å². The number of hydrogen-bond donors (Lipinski definition) is 1. The Hall–Kier alpha value is -2.55. The molecule has 0 amide bonds. The van der Waals surface area contributed by atoms with Crippen molar-refractivity contribution in [2.24, 2.45) is 0 Å². The Balaban J connectivity index is 2.05. The van der Waals surface area contributed by atoms with Crippen LogP contribution in [0.25, 0.3) is 22.6 Å². The van der Waals surface area contributed by atoms with E-state index in [0.717, 1.165) is 22.5 Å². The lowest BCUT2D eigenvalue weighted by atomic mass is 10.0. The van der Waals surface area contributed by atoms with Gasteiger partial charge in [-0.15, -0.1) is 0 Å². The Labute approximate surface area is 130 Å². The number of imidazole rings is 1. The molecule has 0 radical (unpaired) electrons. The van der Waals surface area contributed by atoms with Crippen LogP contribution in [0, 0.1) is 6.92 Å². The molecule has 3 rings (SSSR count). The van der Waals surface area contributed by atoms with Gasteiger partial charge in [0.1, 0.15) is 0 Å². The summed E-state index contributed by atoms with van der Waals surface area (Å²) in [5.41, 5.74) is 4.75. The maximum atomic E-state index is 10.4. The molecule has 22 heavy (non-hydrogen) atoms. The maximum Gasteiger partial charge on any atom is 0.176 e. The van der Waals surface area contributed by atoms with Gasteiger partial charge in [-0.3, -0.25) is 0 Å². The molecular weight excluding hydrogens is 272 g/mol. The Bertz CT molecular complexity index is 771. The van der Waals surface area contributed by atoms with Crippen LogP contribution >= 0.6 is 0 Å². The second-order valence-corrected chi connectivity index (χ2v) is 5.82. The normalized spacial score (nSPS) is 11.1. The first kappa shape index (κ1) is 14.4. The highest BCUT2D eigenvalue weighted by molar-refractivity contribution is 5.67. The van der Waals surface area contributed by atoms with Gasteiger partial charge in [0.25, 0.3) is 0 Å². The first-order valence-electron chi connectivity index (χ1n) is 7.52. The lowest BCUT2D eigenvalue weighted by molar-refractivity contribution is 0.185. The Morgan fingerprint density at radius 2 is 1.55 bits per heavy atom. The molecule has 0 aliphatic rings. The van der Waals surface area contributed by atoms with Gasteiger partial charge in [0, 0.05) is 11.1 Å². The summed E-state index contributed by atoms with van der Waals surface area (Å²) in [6, 6.07) is 18.1. The number of benzene rings is 2. The smallest absolute Gasteiger partial charge is 0.176 e. The van der Waals surface area contributed by atoms with E-state index in [-0.39, 0.29) is 0 Å². The number of nitrogens with zero attached hydrogens (tertiary/aromatic N) is 2. The van der Waals surface area contributed by atoms with E-state index in [9.17, 15) is 5.21 Å². The third-order valence-electron chi connectivity index (χ3n) is 3.96. The number of rotatable bonds is 3. The molecule has 0 saturated heterocycles. The summed E-state index contributed by atoms with van der Waals surface area (Å²) in [6.07, 6.45) is 0. The fourth-order valence-corrected chi connectivity index (χ4v) is 2.57. The molecule has 0 spiro atoms. The standard InChI is InChI=1S/C19H20N2O/c1-13(2)15-9-11-17(12-10-15)19-20-18(14(3)21(19)22)16-7-5-4-6-8-16/h4-13,22H,1-3H3. The number of aromatic nitrogens is 2. The fourth-order valence-electron chi connectivity index (χ4n) is 2.57. The van der Waals surface area contributed by atoms with E-state index in [1.807, 2.05) is 49.4 Å². The highest BCUT2D eigenvalue weighted by Crippen LogP contribution is 2.28. The van der Waals surface area contributed by atoms with E-state index in [0.29, 0.717) is 11.7 Å². The van der Waals surface area contributed by atoms with Gasteiger partial charge in [-0.05, 0) is 18.4 Å². The molecular formula is C19H20N2O. The second-order valence-electron chi connectivity index (χ2n) is 5.82. The first-order chi connectivity index (χ1) is 10.6. The molecule has 0 fully saturated rings. The molecule has 0 aliphatic heterocycles. The minimum atomic E-state index is 0.490.